The van der Waals surface area contributed by atoms with Crippen LogP contribution in [0.15, 0.2) is 15.8 Å². The van der Waals surface area contributed by atoms with Gasteiger partial charge < -0.3 is 44.3 Å². The fourth-order valence-electron chi connectivity index (χ4n) is 3.09. The Bertz CT molecular complexity index is 1410. The molecule has 24 heteroatoms. The van der Waals surface area contributed by atoms with E-state index in [0.29, 0.717) is 12.5 Å². The van der Waals surface area contributed by atoms with Gasteiger partial charge in [0.1, 0.15) is 37.2 Å². The third kappa shape index (κ3) is 14.0. The maximum absolute atomic E-state index is 12.6. The molecule has 0 bridgehead atoms. The molecule has 1 saturated heterocycles. The maximum atomic E-state index is 12.6. The highest BCUT2D eigenvalue weighted by Gasteiger charge is 2.43. The zero-order chi connectivity index (χ0) is 32.5. The summed E-state index contributed by atoms with van der Waals surface area (Å²) in [6.45, 7) is 3.35. The highest BCUT2D eigenvalue weighted by molar-refractivity contribution is 8.77. The summed E-state index contributed by atoms with van der Waals surface area (Å²) in [5.41, 5.74) is 3.94. The van der Waals surface area contributed by atoms with Crippen molar-refractivity contribution in [2.24, 2.45) is 5.73 Å². The van der Waals surface area contributed by atoms with E-state index in [-0.39, 0.29) is 30.1 Å². The fourth-order valence-corrected chi connectivity index (χ4v) is 8.21. The van der Waals surface area contributed by atoms with Crippen LogP contribution in [0.3, 0.4) is 0 Å². The summed E-state index contributed by atoms with van der Waals surface area (Å²) in [4.78, 5) is 63.3. The minimum absolute atomic E-state index is 0.00921. The average Bonchev–Trinajstić information content (AvgIpc) is 3.27. The number of phosphoric ester groups is 1. The molecule has 0 radical (unpaired) electrons. The fraction of sp³-hybridized carbons (Fsp3) is 0.684. The van der Waals surface area contributed by atoms with Crippen molar-refractivity contribution in [1.29, 1.82) is 0 Å². The van der Waals surface area contributed by atoms with Gasteiger partial charge >= 0.3 is 29.2 Å². The van der Waals surface area contributed by atoms with Gasteiger partial charge in [-0.05, 0) is 13.8 Å². The molecular formula is C19H32N3O16P3S2. The quantitative estimate of drug-likeness (QED) is 0.0423. The number of nitrogens with one attached hydrogen (secondary N) is 1. The number of nitrogens with two attached hydrogens (primary N) is 1. The summed E-state index contributed by atoms with van der Waals surface area (Å²) < 4.78 is 68.8. The molecule has 19 nitrogen and oxygen atoms in total. The lowest BCUT2D eigenvalue weighted by atomic mass is 10.2. The molecule has 1 aromatic rings. The minimum Gasteiger partial charge on any atom is -0.359 e. The standard InChI is InChI=1S/C19H32N3O16P3S2/c1-19(2,10-20)43-42-12-33-6-4-5-13-8-22(18(24)21-17(13)23)16-7-14(34-11-32-3)15(36-16)9-35-40(28,29)38-41(30,31)37-39(25,26)27/h8,14-16H,6-7,9-12,20H2,1-3H3,(H,28,29)(H,30,31)(H,21,23,24)(H2,25,26,27)/t14-,15-,16-/m1/s1. The van der Waals surface area contributed by atoms with Crippen molar-refractivity contribution >= 4 is 45.1 Å². The molecule has 0 amide bonds. The summed E-state index contributed by atoms with van der Waals surface area (Å²) in [6, 6.07) is 0. The molecule has 1 fully saturated rings. The monoisotopic (exact) mass is 715 g/mol. The molecule has 5 atom stereocenters. The van der Waals surface area contributed by atoms with Crippen molar-refractivity contribution in [3.8, 4) is 11.8 Å². The van der Waals surface area contributed by atoms with Crippen molar-refractivity contribution in [2.75, 3.05) is 39.6 Å². The van der Waals surface area contributed by atoms with Gasteiger partial charge in [0.05, 0.1) is 12.7 Å². The SMILES string of the molecule is COCO[C@@H]1C[C@H](n2cc(C#CCOCSSC(C)(C)CN)c(=O)[nH]c2=O)O[C@@H]1COP(=O)(O)OP(=O)(O)OP(=O)(O)O. The van der Waals surface area contributed by atoms with Crippen LogP contribution in [0.4, 0.5) is 0 Å². The number of nitrogens with zero attached hydrogens (tertiary/aromatic N) is 1. The normalized spacial score (nSPS) is 22.0. The number of hydrogen-bond donors (Lipinski definition) is 6. The van der Waals surface area contributed by atoms with Crippen LogP contribution in [0, 0.1) is 11.8 Å². The molecule has 43 heavy (non-hydrogen) atoms. The first kappa shape index (κ1) is 38.3. The lowest BCUT2D eigenvalue weighted by Gasteiger charge is -2.21. The Morgan fingerprint density at radius 1 is 1.19 bits per heavy atom. The van der Waals surface area contributed by atoms with Gasteiger partial charge in [0.2, 0.25) is 0 Å². The predicted molar refractivity (Wildman–Crippen MR) is 152 cm³/mol. The molecule has 2 heterocycles. The number of methoxy groups -OCH3 is 1. The summed E-state index contributed by atoms with van der Waals surface area (Å²) in [5.74, 6) is 5.60. The Morgan fingerprint density at radius 3 is 2.51 bits per heavy atom. The zero-order valence-corrected chi connectivity index (χ0v) is 27.2. The van der Waals surface area contributed by atoms with Crippen molar-refractivity contribution in [3.63, 3.8) is 0 Å². The van der Waals surface area contributed by atoms with E-state index >= 15 is 0 Å². The number of ether oxygens (including phenoxy) is 4. The number of aromatic amines is 1. The average molecular weight is 716 g/mol. The largest absolute Gasteiger partial charge is 0.490 e. The lowest BCUT2D eigenvalue weighted by molar-refractivity contribution is -0.107. The van der Waals surface area contributed by atoms with E-state index in [1.54, 1.807) is 10.8 Å². The first-order valence-corrected chi connectivity index (χ1v) is 18.7. The molecule has 7 N–H and O–H groups in total. The van der Waals surface area contributed by atoms with E-state index in [0.717, 1.165) is 10.8 Å². The smallest absolute Gasteiger partial charge is 0.359 e. The van der Waals surface area contributed by atoms with Crippen molar-refractivity contribution in [1.82, 2.24) is 9.55 Å². The van der Waals surface area contributed by atoms with Crippen LogP contribution in [0.1, 0.15) is 32.1 Å². The van der Waals surface area contributed by atoms with Crippen molar-refractivity contribution in [2.45, 2.75) is 43.5 Å². The second kappa shape index (κ2) is 16.6. The van der Waals surface area contributed by atoms with Crippen LogP contribution in [-0.4, -0.2) is 85.7 Å². The van der Waals surface area contributed by atoms with Crippen molar-refractivity contribution < 1.29 is 65.4 Å². The Hall–Kier alpha value is -0.850. The lowest BCUT2D eigenvalue weighted by Crippen LogP contribution is -2.33. The van der Waals surface area contributed by atoms with E-state index < -0.39 is 59.8 Å². The van der Waals surface area contributed by atoms with Crippen LogP contribution < -0.4 is 17.0 Å². The van der Waals surface area contributed by atoms with E-state index in [1.807, 2.05) is 13.8 Å². The molecule has 1 aliphatic heterocycles. The molecule has 0 spiro atoms. The van der Waals surface area contributed by atoms with Gasteiger partial charge in [-0.1, -0.05) is 33.4 Å². The Balaban J connectivity index is 2.10. The molecule has 246 valence electrons. The molecular weight excluding hydrogens is 683 g/mol. The van der Waals surface area contributed by atoms with E-state index in [4.69, 9.17) is 34.5 Å². The second-order valence-electron chi connectivity index (χ2n) is 9.01. The number of phosphoric acid groups is 3. The summed E-state index contributed by atoms with van der Waals surface area (Å²) >= 11 is 0. The minimum atomic E-state index is -5.73. The third-order valence-electron chi connectivity index (χ3n) is 4.98. The Morgan fingerprint density at radius 2 is 1.88 bits per heavy atom. The molecule has 2 rings (SSSR count). The van der Waals surface area contributed by atoms with Crippen molar-refractivity contribution in [3.05, 3.63) is 32.6 Å². The first-order chi connectivity index (χ1) is 19.9. The van der Waals surface area contributed by atoms with Gasteiger partial charge in [0.15, 0.2) is 0 Å². The predicted octanol–water partition coefficient (Wildman–Crippen LogP) is 0.601. The van der Waals surface area contributed by atoms with Gasteiger partial charge in [-0.15, -0.1) is 0 Å². The van der Waals surface area contributed by atoms with E-state index in [1.165, 1.54) is 17.9 Å². The number of rotatable bonds is 17. The maximum Gasteiger partial charge on any atom is 0.490 e. The highest BCUT2D eigenvalue weighted by atomic mass is 33.1. The number of aromatic nitrogens is 2. The summed E-state index contributed by atoms with van der Waals surface area (Å²) in [5, 5.41) is 0. The number of hydrogen-bond acceptors (Lipinski definition) is 15. The molecule has 1 aromatic heterocycles. The molecule has 0 saturated carbocycles. The zero-order valence-electron chi connectivity index (χ0n) is 22.9. The Kier molecular flexibility index (Phi) is 14.8. The number of H-pyrrole nitrogens is 1. The van der Waals surface area contributed by atoms with Crippen LogP contribution >= 0.6 is 45.1 Å². The van der Waals surface area contributed by atoms with Gasteiger partial charge in [-0.2, -0.15) is 8.62 Å². The van der Waals surface area contributed by atoms with E-state index in [9.17, 15) is 33.1 Å². The topological polar surface area (TPSA) is 278 Å². The van der Waals surface area contributed by atoms with Gasteiger partial charge in [0, 0.05) is 31.0 Å². The van der Waals surface area contributed by atoms with Gasteiger partial charge in [-0.3, -0.25) is 18.9 Å². The van der Waals surface area contributed by atoms with E-state index in [2.05, 4.69) is 30.0 Å². The van der Waals surface area contributed by atoms with Crippen LogP contribution in [0.5, 0.6) is 0 Å². The first-order valence-electron chi connectivity index (χ1n) is 11.8. The molecule has 0 aromatic carbocycles. The molecule has 2 unspecified atom stereocenters. The van der Waals surface area contributed by atoms with Gasteiger partial charge in [-0.25, -0.2) is 18.5 Å². The summed E-state index contributed by atoms with van der Waals surface area (Å²) in [7, 11) is -12.4. The Labute approximate surface area is 252 Å². The highest BCUT2D eigenvalue weighted by Crippen LogP contribution is 2.66. The van der Waals surface area contributed by atoms with Crippen LogP contribution in [0.25, 0.3) is 0 Å². The van der Waals surface area contributed by atoms with Crippen LogP contribution in [-0.2, 0) is 45.8 Å². The molecule has 0 aliphatic carbocycles. The molecule has 1 aliphatic rings. The van der Waals surface area contributed by atoms with Crippen LogP contribution in [0.2, 0.25) is 0 Å². The summed E-state index contributed by atoms with van der Waals surface area (Å²) in [6.07, 6.45) is -2.20. The third-order valence-corrected chi connectivity index (χ3v) is 11.8. The second-order valence-corrected chi connectivity index (χ2v) is 16.4. The van der Waals surface area contributed by atoms with Gasteiger partial charge in [0.25, 0.3) is 5.56 Å².